The maximum Gasteiger partial charge on any atom is 0.328 e. The van der Waals surface area contributed by atoms with Crippen molar-refractivity contribution >= 4 is 22.8 Å². The Hall–Kier alpha value is -3.42. The Labute approximate surface area is 174 Å². The van der Waals surface area contributed by atoms with Crippen LogP contribution in [0, 0.1) is 5.92 Å². The van der Waals surface area contributed by atoms with Gasteiger partial charge in [-0.2, -0.15) is 0 Å². The summed E-state index contributed by atoms with van der Waals surface area (Å²) < 4.78 is 3.20. The first-order chi connectivity index (χ1) is 14.4. The molecule has 30 heavy (non-hydrogen) atoms. The minimum absolute atomic E-state index is 0.0557. The van der Waals surface area contributed by atoms with Crippen LogP contribution in [0.5, 0.6) is 0 Å². The van der Waals surface area contributed by atoms with E-state index < -0.39 is 0 Å². The quantitative estimate of drug-likeness (QED) is 0.691. The fraction of sp³-hybridized carbons (Fsp3) is 0.364. The van der Waals surface area contributed by atoms with Crippen molar-refractivity contribution in [1.29, 1.82) is 0 Å². The Morgan fingerprint density at radius 1 is 1.13 bits per heavy atom. The molecule has 1 atom stereocenters. The zero-order valence-corrected chi connectivity index (χ0v) is 17.2. The molecule has 1 saturated heterocycles. The van der Waals surface area contributed by atoms with E-state index >= 15 is 0 Å². The SMILES string of the molecule is Cn1c(=O)n(C)c2cc(CNC(=O)C3CCC(=O)N(Cc4ccccn4)C3)ccc21. The second kappa shape index (κ2) is 8.14. The van der Waals surface area contributed by atoms with E-state index in [1.54, 1.807) is 34.3 Å². The number of fused-ring (bicyclic) bond motifs is 1. The average Bonchev–Trinajstić information content (AvgIpc) is 2.98. The number of nitrogens with zero attached hydrogens (tertiary/aromatic N) is 4. The molecule has 0 spiro atoms. The van der Waals surface area contributed by atoms with Gasteiger partial charge in [-0.25, -0.2) is 4.79 Å². The number of pyridine rings is 1. The summed E-state index contributed by atoms with van der Waals surface area (Å²) in [4.78, 5) is 43.1. The molecule has 2 amide bonds. The van der Waals surface area contributed by atoms with Crippen LogP contribution >= 0.6 is 0 Å². The van der Waals surface area contributed by atoms with Crippen LogP contribution in [0.4, 0.5) is 0 Å². The summed E-state index contributed by atoms with van der Waals surface area (Å²) in [7, 11) is 3.48. The van der Waals surface area contributed by atoms with Gasteiger partial charge in [-0.15, -0.1) is 0 Å². The van der Waals surface area contributed by atoms with Gasteiger partial charge in [-0.3, -0.25) is 23.7 Å². The van der Waals surface area contributed by atoms with Gasteiger partial charge in [0.05, 0.1) is 29.2 Å². The van der Waals surface area contributed by atoms with Gasteiger partial charge in [0.25, 0.3) is 0 Å². The average molecular weight is 407 g/mol. The number of hydrogen-bond acceptors (Lipinski definition) is 4. The van der Waals surface area contributed by atoms with E-state index in [1.807, 2.05) is 36.4 Å². The topological polar surface area (TPSA) is 89.2 Å². The van der Waals surface area contributed by atoms with E-state index in [0.717, 1.165) is 22.3 Å². The van der Waals surface area contributed by atoms with Crippen LogP contribution in [0.2, 0.25) is 0 Å². The number of likely N-dealkylation sites (tertiary alicyclic amines) is 1. The Morgan fingerprint density at radius 3 is 2.70 bits per heavy atom. The molecule has 2 aromatic heterocycles. The van der Waals surface area contributed by atoms with E-state index in [1.165, 1.54) is 0 Å². The number of carbonyl (C=O) groups excluding carboxylic acids is 2. The van der Waals surface area contributed by atoms with E-state index in [-0.39, 0.29) is 23.4 Å². The lowest BCUT2D eigenvalue weighted by molar-refractivity contribution is -0.139. The fourth-order valence-electron chi connectivity index (χ4n) is 3.96. The number of nitrogens with one attached hydrogen (secondary N) is 1. The molecule has 1 aliphatic heterocycles. The molecule has 3 heterocycles. The van der Waals surface area contributed by atoms with Crippen molar-refractivity contribution in [2.45, 2.75) is 25.9 Å². The summed E-state index contributed by atoms with van der Waals surface area (Å²) >= 11 is 0. The van der Waals surface area contributed by atoms with E-state index in [0.29, 0.717) is 32.5 Å². The highest BCUT2D eigenvalue weighted by atomic mass is 16.2. The first-order valence-electron chi connectivity index (χ1n) is 10.0. The van der Waals surface area contributed by atoms with Crippen molar-refractivity contribution in [2.24, 2.45) is 20.0 Å². The van der Waals surface area contributed by atoms with Crippen molar-refractivity contribution in [3.05, 3.63) is 64.3 Å². The molecule has 1 fully saturated rings. The lowest BCUT2D eigenvalue weighted by atomic mass is 9.96. The van der Waals surface area contributed by atoms with Gasteiger partial charge in [0.15, 0.2) is 0 Å². The predicted molar refractivity (Wildman–Crippen MR) is 112 cm³/mol. The minimum Gasteiger partial charge on any atom is -0.352 e. The van der Waals surface area contributed by atoms with Crippen molar-refractivity contribution in [3.8, 4) is 0 Å². The minimum atomic E-state index is -0.240. The van der Waals surface area contributed by atoms with Gasteiger partial charge >= 0.3 is 5.69 Å². The number of hydrogen-bond donors (Lipinski definition) is 1. The summed E-state index contributed by atoms with van der Waals surface area (Å²) in [6.45, 7) is 1.19. The Morgan fingerprint density at radius 2 is 1.93 bits per heavy atom. The monoisotopic (exact) mass is 407 g/mol. The Balaban J connectivity index is 1.40. The number of imidazole rings is 1. The predicted octanol–water partition coefficient (Wildman–Crippen LogP) is 1.33. The molecule has 1 N–H and O–H groups in total. The molecule has 1 unspecified atom stereocenters. The second-order valence-electron chi connectivity index (χ2n) is 7.77. The summed E-state index contributed by atoms with van der Waals surface area (Å²) in [6, 6.07) is 11.3. The number of rotatable bonds is 5. The van der Waals surface area contributed by atoms with Crippen LogP contribution in [-0.4, -0.2) is 37.4 Å². The highest BCUT2D eigenvalue weighted by Crippen LogP contribution is 2.20. The second-order valence-corrected chi connectivity index (χ2v) is 7.77. The third-order valence-electron chi connectivity index (χ3n) is 5.75. The number of benzene rings is 1. The summed E-state index contributed by atoms with van der Waals surface area (Å²) in [5, 5.41) is 2.99. The van der Waals surface area contributed by atoms with Crippen LogP contribution in [0.25, 0.3) is 11.0 Å². The van der Waals surface area contributed by atoms with E-state index in [2.05, 4.69) is 10.3 Å². The molecule has 8 nitrogen and oxygen atoms in total. The lowest BCUT2D eigenvalue weighted by Gasteiger charge is -2.31. The van der Waals surface area contributed by atoms with Crippen molar-refractivity contribution in [1.82, 2.24) is 24.3 Å². The van der Waals surface area contributed by atoms with Gasteiger partial charge in [0.1, 0.15) is 0 Å². The smallest absolute Gasteiger partial charge is 0.328 e. The maximum absolute atomic E-state index is 12.7. The van der Waals surface area contributed by atoms with Gasteiger partial charge in [-0.05, 0) is 36.2 Å². The van der Waals surface area contributed by atoms with Crippen molar-refractivity contribution in [2.75, 3.05) is 6.54 Å². The zero-order valence-electron chi connectivity index (χ0n) is 17.2. The molecular formula is C22H25N5O3. The standard InChI is InChI=1S/C22H25N5O3/c1-25-18-8-6-15(11-19(18)26(2)22(25)30)12-24-21(29)16-7-9-20(28)27(13-16)14-17-5-3-4-10-23-17/h3-6,8,10-11,16H,7,9,12-14H2,1-2H3,(H,24,29). The molecule has 0 saturated carbocycles. The molecule has 0 radical (unpaired) electrons. The van der Waals surface area contributed by atoms with Crippen LogP contribution < -0.4 is 11.0 Å². The molecular weight excluding hydrogens is 382 g/mol. The highest BCUT2D eigenvalue weighted by Gasteiger charge is 2.30. The molecule has 0 aliphatic carbocycles. The Bertz CT molecular complexity index is 1150. The number of piperidine rings is 1. The fourth-order valence-corrected chi connectivity index (χ4v) is 3.96. The van der Waals surface area contributed by atoms with Crippen LogP contribution in [0.3, 0.4) is 0 Å². The van der Waals surface area contributed by atoms with Gasteiger partial charge in [0, 0.05) is 39.8 Å². The zero-order chi connectivity index (χ0) is 21.3. The first-order valence-corrected chi connectivity index (χ1v) is 10.0. The molecule has 4 rings (SSSR count). The molecule has 3 aromatic rings. The largest absolute Gasteiger partial charge is 0.352 e. The van der Waals surface area contributed by atoms with E-state index in [4.69, 9.17) is 0 Å². The lowest BCUT2D eigenvalue weighted by Crippen LogP contribution is -2.45. The molecule has 156 valence electrons. The third-order valence-corrected chi connectivity index (χ3v) is 5.75. The van der Waals surface area contributed by atoms with Gasteiger partial charge < -0.3 is 10.2 Å². The van der Waals surface area contributed by atoms with Crippen molar-refractivity contribution in [3.63, 3.8) is 0 Å². The molecule has 1 aromatic carbocycles. The molecule has 0 bridgehead atoms. The number of amides is 2. The van der Waals surface area contributed by atoms with Crippen molar-refractivity contribution < 1.29 is 9.59 Å². The number of aryl methyl sites for hydroxylation is 2. The van der Waals surface area contributed by atoms with Crippen LogP contribution in [-0.2, 0) is 36.8 Å². The number of carbonyl (C=O) groups is 2. The van der Waals surface area contributed by atoms with E-state index in [9.17, 15) is 14.4 Å². The first kappa shape index (κ1) is 19.9. The van der Waals surface area contributed by atoms with Crippen LogP contribution in [0.1, 0.15) is 24.1 Å². The summed E-state index contributed by atoms with van der Waals surface area (Å²) in [6.07, 6.45) is 2.62. The van der Waals surface area contributed by atoms with Gasteiger partial charge in [0.2, 0.25) is 11.8 Å². The normalized spacial score (nSPS) is 16.8. The summed E-state index contributed by atoms with van der Waals surface area (Å²) in [5.74, 6) is -0.244. The van der Waals surface area contributed by atoms with Gasteiger partial charge in [-0.1, -0.05) is 12.1 Å². The van der Waals surface area contributed by atoms with Crippen LogP contribution in [0.15, 0.2) is 47.4 Å². The highest BCUT2D eigenvalue weighted by molar-refractivity contribution is 5.84. The Kier molecular flexibility index (Phi) is 5.39. The maximum atomic E-state index is 12.7. The molecule has 8 heteroatoms. The summed E-state index contributed by atoms with van der Waals surface area (Å²) in [5.41, 5.74) is 3.35. The number of aromatic nitrogens is 3. The molecule has 1 aliphatic rings. The third kappa shape index (κ3) is 3.85.